The van der Waals surface area contributed by atoms with Gasteiger partial charge in [0.05, 0.1) is 6.10 Å². The van der Waals surface area contributed by atoms with E-state index in [4.69, 9.17) is 4.74 Å². The first-order valence-electron chi connectivity index (χ1n) is 7.79. The van der Waals surface area contributed by atoms with Gasteiger partial charge in [0.2, 0.25) is 0 Å². The van der Waals surface area contributed by atoms with Crippen molar-refractivity contribution in [1.82, 2.24) is 4.90 Å². The van der Waals surface area contributed by atoms with Crippen LogP contribution >= 0.6 is 15.9 Å². The van der Waals surface area contributed by atoms with Crippen LogP contribution in [0.15, 0.2) is 22.7 Å². The van der Waals surface area contributed by atoms with Gasteiger partial charge in [0.1, 0.15) is 11.4 Å². The fourth-order valence-electron chi connectivity index (χ4n) is 2.75. The minimum atomic E-state index is -0.883. The average Bonchev–Trinajstić information content (AvgIpc) is 2.45. The van der Waals surface area contributed by atoms with Crippen LogP contribution in [0.2, 0.25) is 0 Å². The highest BCUT2D eigenvalue weighted by atomic mass is 79.9. The first kappa shape index (κ1) is 18.2. The number of amides is 1. The highest BCUT2D eigenvalue weighted by Crippen LogP contribution is 2.36. The smallest absolute Gasteiger partial charge is 0.410 e. The fraction of sp³-hybridized carbons (Fsp3) is 0.588. The third-order valence-corrected chi connectivity index (χ3v) is 4.62. The number of halogens is 2. The maximum atomic E-state index is 14.0. The van der Waals surface area contributed by atoms with Crippen molar-refractivity contribution in [2.24, 2.45) is 5.92 Å². The molecule has 4 nitrogen and oxygen atoms in total. The van der Waals surface area contributed by atoms with E-state index >= 15 is 0 Å². The summed E-state index contributed by atoms with van der Waals surface area (Å²) >= 11 is 3.30. The molecule has 1 aliphatic rings. The van der Waals surface area contributed by atoms with Gasteiger partial charge in [-0.05, 0) is 51.7 Å². The molecule has 0 bridgehead atoms. The lowest BCUT2D eigenvalue weighted by Gasteiger charge is -2.35. The van der Waals surface area contributed by atoms with Crippen molar-refractivity contribution >= 4 is 22.0 Å². The fourth-order valence-corrected chi connectivity index (χ4v) is 3.33. The van der Waals surface area contributed by atoms with Crippen molar-refractivity contribution in [3.8, 4) is 0 Å². The van der Waals surface area contributed by atoms with Crippen LogP contribution in [0, 0.1) is 11.7 Å². The average molecular weight is 388 g/mol. The Morgan fingerprint density at radius 3 is 2.52 bits per heavy atom. The summed E-state index contributed by atoms with van der Waals surface area (Å²) in [5.41, 5.74) is -0.228. The van der Waals surface area contributed by atoms with E-state index in [1.807, 2.05) is 20.8 Å². The van der Waals surface area contributed by atoms with E-state index in [1.54, 1.807) is 17.0 Å². The van der Waals surface area contributed by atoms with E-state index in [-0.39, 0.29) is 12.0 Å². The monoisotopic (exact) mass is 387 g/mol. The van der Waals surface area contributed by atoms with Crippen LogP contribution in [0.1, 0.15) is 45.3 Å². The van der Waals surface area contributed by atoms with E-state index in [0.717, 1.165) is 0 Å². The molecule has 0 radical (unpaired) electrons. The zero-order valence-electron chi connectivity index (χ0n) is 13.7. The quantitative estimate of drug-likeness (QED) is 0.823. The first-order valence-corrected chi connectivity index (χ1v) is 8.58. The highest BCUT2D eigenvalue weighted by Gasteiger charge is 2.32. The second-order valence-corrected chi connectivity index (χ2v) is 7.74. The Labute approximate surface area is 144 Å². The normalized spacial score (nSPS) is 17.9. The Balaban J connectivity index is 1.98. The number of carbonyl (C=O) groups is 1. The molecule has 1 fully saturated rings. The zero-order chi connectivity index (χ0) is 17.2. The van der Waals surface area contributed by atoms with Crippen LogP contribution in [0.25, 0.3) is 0 Å². The van der Waals surface area contributed by atoms with Crippen molar-refractivity contribution < 1.29 is 19.0 Å². The molecule has 1 aromatic carbocycles. The number of hydrogen-bond acceptors (Lipinski definition) is 3. The molecule has 1 heterocycles. The molecule has 0 aromatic heterocycles. The molecule has 2 rings (SSSR count). The van der Waals surface area contributed by atoms with Gasteiger partial charge in [0.15, 0.2) is 0 Å². The number of aliphatic hydroxyl groups is 1. The van der Waals surface area contributed by atoms with Crippen LogP contribution in [0.5, 0.6) is 0 Å². The lowest BCUT2D eigenvalue weighted by Crippen LogP contribution is -2.42. The molecule has 23 heavy (non-hydrogen) atoms. The van der Waals surface area contributed by atoms with Gasteiger partial charge < -0.3 is 14.7 Å². The zero-order valence-corrected chi connectivity index (χ0v) is 15.3. The Kier molecular flexibility index (Phi) is 5.68. The predicted octanol–water partition coefficient (Wildman–Crippen LogP) is 4.27. The van der Waals surface area contributed by atoms with Gasteiger partial charge in [-0.15, -0.1) is 0 Å². The number of carbonyl (C=O) groups excluding carboxylic acids is 1. The Hall–Kier alpha value is -1.14. The summed E-state index contributed by atoms with van der Waals surface area (Å²) in [4.78, 5) is 13.7. The summed E-state index contributed by atoms with van der Waals surface area (Å²) in [7, 11) is 0. The van der Waals surface area contributed by atoms with E-state index in [1.165, 1.54) is 6.07 Å². The van der Waals surface area contributed by atoms with Gasteiger partial charge >= 0.3 is 6.09 Å². The number of hydrogen-bond donors (Lipinski definition) is 1. The molecule has 0 saturated carbocycles. The lowest BCUT2D eigenvalue weighted by molar-refractivity contribution is 0.00712. The molecule has 128 valence electrons. The van der Waals surface area contributed by atoms with E-state index in [9.17, 15) is 14.3 Å². The number of nitrogens with zero attached hydrogens (tertiary/aromatic N) is 1. The SMILES string of the molecule is CC(C)(C)OC(=O)N1CCC(C(O)c2c(F)cccc2Br)CC1. The largest absolute Gasteiger partial charge is 0.444 e. The number of rotatable bonds is 2. The Bertz CT molecular complexity index is 545. The number of benzene rings is 1. The van der Waals surface area contributed by atoms with E-state index in [2.05, 4.69) is 15.9 Å². The maximum Gasteiger partial charge on any atom is 0.410 e. The van der Waals surface area contributed by atoms with Gasteiger partial charge in [0.25, 0.3) is 0 Å². The highest BCUT2D eigenvalue weighted by molar-refractivity contribution is 9.10. The molecular formula is C17H23BrFNO3. The van der Waals surface area contributed by atoms with Gasteiger partial charge in [-0.1, -0.05) is 22.0 Å². The van der Waals surface area contributed by atoms with Crippen molar-refractivity contribution in [1.29, 1.82) is 0 Å². The number of ether oxygens (including phenoxy) is 1. The van der Waals surface area contributed by atoms with E-state index in [0.29, 0.717) is 36.0 Å². The molecule has 1 amide bonds. The third-order valence-electron chi connectivity index (χ3n) is 3.93. The van der Waals surface area contributed by atoms with Crippen LogP contribution in [0.4, 0.5) is 9.18 Å². The Morgan fingerprint density at radius 1 is 1.39 bits per heavy atom. The molecular weight excluding hydrogens is 365 g/mol. The standard InChI is InChI=1S/C17H23BrFNO3/c1-17(2,3)23-16(22)20-9-7-11(8-10-20)15(21)14-12(18)5-4-6-13(14)19/h4-6,11,15,21H,7-10H2,1-3H3. The van der Waals surface area contributed by atoms with Crippen molar-refractivity contribution in [3.05, 3.63) is 34.1 Å². The summed E-state index contributed by atoms with van der Waals surface area (Å²) in [6, 6.07) is 4.66. The molecule has 1 unspecified atom stereocenters. The van der Waals surface area contributed by atoms with Crippen LogP contribution in [-0.2, 0) is 4.74 Å². The van der Waals surface area contributed by atoms with Crippen LogP contribution in [-0.4, -0.2) is 34.8 Å². The first-order chi connectivity index (χ1) is 10.7. The summed E-state index contributed by atoms with van der Waals surface area (Å²) in [6.07, 6.45) is 0.00594. The molecule has 0 aliphatic carbocycles. The molecule has 1 N–H and O–H groups in total. The molecule has 1 aliphatic heterocycles. The molecule has 6 heteroatoms. The van der Waals surface area contributed by atoms with Gasteiger partial charge in [-0.25, -0.2) is 9.18 Å². The minimum Gasteiger partial charge on any atom is -0.444 e. The number of aliphatic hydroxyl groups excluding tert-OH is 1. The van der Waals surface area contributed by atoms with Gasteiger partial charge in [-0.2, -0.15) is 0 Å². The third kappa shape index (κ3) is 4.67. The molecule has 1 atom stereocenters. The second-order valence-electron chi connectivity index (χ2n) is 6.88. The van der Waals surface area contributed by atoms with Crippen LogP contribution in [0.3, 0.4) is 0 Å². The van der Waals surface area contributed by atoms with Crippen molar-refractivity contribution in [2.45, 2.75) is 45.3 Å². The van der Waals surface area contributed by atoms with Gasteiger partial charge in [-0.3, -0.25) is 0 Å². The van der Waals surface area contributed by atoms with Crippen molar-refractivity contribution in [2.75, 3.05) is 13.1 Å². The molecule has 0 spiro atoms. The summed E-state index contributed by atoms with van der Waals surface area (Å²) in [5.74, 6) is -0.497. The summed E-state index contributed by atoms with van der Waals surface area (Å²) in [6.45, 7) is 6.50. The lowest BCUT2D eigenvalue weighted by atomic mass is 9.87. The predicted molar refractivity (Wildman–Crippen MR) is 89.6 cm³/mol. The number of likely N-dealkylation sites (tertiary alicyclic amines) is 1. The van der Waals surface area contributed by atoms with Crippen LogP contribution < -0.4 is 0 Å². The van der Waals surface area contributed by atoms with Gasteiger partial charge in [0, 0.05) is 23.1 Å². The number of piperidine rings is 1. The molecule has 1 aromatic rings. The topological polar surface area (TPSA) is 49.8 Å². The van der Waals surface area contributed by atoms with Crippen molar-refractivity contribution in [3.63, 3.8) is 0 Å². The summed E-state index contributed by atoms with van der Waals surface area (Å²) in [5, 5.41) is 10.5. The maximum absolute atomic E-state index is 14.0. The minimum absolute atomic E-state index is 0.0816. The van der Waals surface area contributed by atoms with E-state index < -0.39 is 17.5 Å². The molecule has 1 saturated heterocycles. The summed E-state index contributed by atoms with van der Waals surface area (Å²) < 4.78 is 19.9. The second kappa shape index (κ2) is 7.18. The Morgan fingerprint density at radius 2 is 2.00 bits per heavy atom.